The van der Waals surface area contributed by atoms with E-state index in [1.807, 2.05) is 25.1 Å². The van der Waals surface area contributed by atoms with Crippen LogP contribution in [0.3, 0.4) is 0 Å². The molecular weight excluding hydrogens is 363 g/mol. The Morgan fingerprint density at radius 3 is 2.56 bits per heavy atom. The van der Waals surface area contributed by atoms with E-state index in [4.69, 9.17) is 32.7 Å². The number of nitrogens with one attached hydrogen (secondary N) is 2. The SMILES string of the molecule is CCOc1ccc(CCNC(=O)Nc2ccc(Cl)c(Cl)c2)cc1OC. The van der Waals surface area contributed by atoms with Crippen LogP contribution in [0.15, 0.2) is 36.4 Å². The van der Waals surface area contributed by atoms with Gasteiger partial charge in [-0.1, -0.05) is 29.3 Å². The molecule has 0 saturated carbocycles. The normalized spacial score (nSPS) is 10.2. The molecule has 0 bridgehead atoms. The summed E-state index contributed by atoms with van der Waals surface area (Å²) in [5.74, 6) is 1.39. The van der Waals surface area contributed by atoms with Crippen LogP contribution in [0.2, 0.25) is 10.0 Å². The molecule has 2 amide bonds. The van der Waals surface area contributed by atoms with E-state index in [1.165, 1.54) is 0 Å². The van der Waals surface area contributed by atoms with Crippen molar-refractivity contribution in [2.24, 2.45) is 0 Å². The van der Waals surface area contributed by atoms with Gasteiger partial charge in [-0.25, -0.2) is 4.79 Å². The Balaban J connectivity index is 1.85. The van der Waals surface area contributed by atoms with E-state index < -0.39 is 0 Å². The number of rotatable bonds is 7. The van der Waals surface area contributed by atoms with Gasteiger partial charge in [-0.15, -0.1) is 0 Å². The zero-order valence-corrected chi connectivity index (χ0v) is 15.6. The highest BCUT2D eigenvalue weighted by molar-refractivity contribution is 6.42. The highest BCUT2D eigenvalue weighted by atomic mass is 35.5. The molecule has 2 rings (SSSR count). The molecule has 2 aromatic rings. The molecule has 0 atom stereocenters. The fourth-order valence-electron chi connectivity index (χ4n) is 2.21. The molecule has 0 aliphatic rings. The van der Waals surface area contributed by atoms with Gasteiger partial charge in [0.2, 0.25) is 0 Å². The molecule has 0 aromatic heterocycles. The first kappa shape index (κ1) is 19.2. The monoisotopic (exact) mass is 382 g/mol. The van der Waals surface area contributed by atoms with Crippen molar-refractivity contribution in [2.45, 2.75) is 13.3 Å². The summed E-state index contributed by atoms with van der Waals surface area (Å²) in [6.45, 7) is 2.97. The first-order chi connectivity index (χ1) is 12.0. The Labute approximate surface area is 157 Å². The average Bonchev–Trinajstić information content (AvgIpc) is 2.59. The molecule has 0 fully saturated rings. The number of hydrogen-bond donors (Lipinski definition) is 2. The lowest BCUT2D eigenvalue weighted by Gasteiger charge is -2.12. The topological polar surface area (TPSA) is 59.6 Å². The van der Waals surface area contributed by atoms with Crippen molar-refractivity contribution in [3.05, 3.63) is 52.0 Å². The predicted molar refractivity (Wildman–Crippen MR) is 101 cm³/mol. The minimum Gasteiger partial charge on any atom is -0.493 e. The minimum atomic E-state index is -0.309. The number of halogens is 2. The second-order valence-electron chi connectivity index (χ2n) is 5.18. The molecular formula is C18H20Cl2N2O3. The van der Waals surface area contributed by atoms with Gasteiger partial charge in [-0.2, -0.15) is 0 Å². The fourth-order valence-corrected chi connectivity index (χ4v) is 2.51. The summed E-state index contributed by atoms with van der Waals surface area (Å²) in [5.41, 5.74) is 1.62. The van der Waals surface area contributed by atoms with Crippen LogP contribution in [0.5, 0.6) is 11.5 Å². The summed E-state index contributed by atoms with van der Waals surface area (Å²) in [4.78, 5) is 11.9. The number of urea groups is 1. The van der Waals surface area contributed by atoms with Crippen molar-refractivity contribution >= 4 is 34.9 Å². The quantitative estimate of drug-likeness (QED) is 0.725. The van der Waals surface area contributed by atoms with Gasteiger partial charge in [0.05, 0.1) is 23.8 Å². The first-order valence-electron chi connectivity index (χ1n) is 7.83. The maximum absolute atomic E-state index is 11.9. The molecule has 0 aliphatic heterocycles. The summed E-state index contributed by atoms with van der Waals surface area (Å²) in [5, 5.41) is 6.33. The largest absolute Gasteiger partial charge is 0.493 e. The van der Waals surface area contributed by atoms with E-state index in [2.05, 4.69) is 10.6 Å². The number of carbonyl (C=O) groups excluding carboxylic acids is 1. The van der Waals surface area contributed by atoms with Crippen LogP contribution >= 0.6 is 23.2 Å². The van der Waals surface area contributed by atoms with E-state index in [-0.39, 0.29) is 6.03 Å². The van der Waals surface area contributed by atoms with E-state index in [9.17, 15) is 4.79 Å². The van der Waals surface area contributed by atoms with Gasteiger partial charge in [0, 0.05) is 12.2 Å². The minimum absolute atomic E-state index is 0.309. The second kappa shape index (κ2) is 9.39. The van der Waals surface area contributed by atoms with Crippen LogP contribution < -0.4 is 20.1 Å². The third-order valence-electron chi connectivity index (χ3n) is 3.40. The van der Waals surface area contributed by atoms with Gasteiger partial charge in [-0.3, -0.25) is 0 Å². The van der Waals surface area contributed by atoms with E-state index in [1.54, 1.807) is 25.3 Å². The van der Waals surface area contributed by atoms with Crippen molar-refractivity contribution in [1.82, 2.24) is 5.32 Å². The van der Waals surface area contributed by atoms with Gasteiger partial charge in [0.15, 0.2) is 11.5 Å². The summed E-state index contributed by atoms with van der Waals surface area (Å²) >= 11 is 11.8. The Morgan fingerprint density at radius 1 is 1.08 bits per heavy atom. The summed E-state index contributed by atoms with van der Waals surface area (Å²) in [6, 6.07) is 10.3. The molecule has 7 heteroatoms. The van der Waals surface area contributed by atoms with Crippen LogP contribution in [0.1, 0.15) is 12.5 Å². The number of carbonyl (C=O) groups is 1. The van der Waals surface area contributed by atoms with Crippen LogP contribution in [0.4, 0.5) is 10.5 Å². The number of ether oxygens (including phenoxy) is 2. The lowest BCUT2D eigenvalue weighted by Crippen LogP contribution is -2.30. The van der Waals surface area contributed by atoms with Gasteiger partial charge in [0.25, 0.3) is 0 Å². The zero-order valence-electron chi connectivity index (χ0n) is 14.1. The Kier molecular flexibility index (Phi) is 7.22. The fraction of sp³-hybridized carbons (Fsp3) is 0.278. The molecule has 0 saturated heterocycles. The second-order valence-corrected chi connectivity index (χ2v) is 5.99. The summed E-state index contributed by atoms with van der Waals surface area (Å²) < 4.78 is 10.8. The lowest BCUT2D eigenvalue weighted by molar-refractivity contribution is 0.252. The number of methoxy groups -OCH3 is 1. The van der Waals surface area contributed by atoms with Crippen LogP contribution in [-0.4, -0.2) is 26.3 Å². The number of anilines is 1. The Bertz CT molecular complexity index is 738. The van der Waals surface area contributed by atoms with Gasteiger partial charge in [0.1, 0.15) is 0 Å². The molecule has 25 heavy (non-hydrogen) atoms. The van der Waals surface area contributed by atoms with Crippen LogP contribution in [0, 0.1) is 0 Å². The van der Waals surface area contributed by atoms with Crippen molar-refractivity contribution in [2.75, 3.05) is 25.6 Å². The average molecular weight is 383 g/mol. The molecule has 5 nitrogen and oxygen atoms in total. The Morgan fingerprint density at radius 2 is 1.88 bits per heavy atom. The molecule has 0 heterocycles. The molecule has 0 aliphatic carbocycles. The van der Waals surface area contributed by atoms with Gasteiger partial charge < -0.3 is 20.1 Å². The smallest absolute Gasteiger partial charge is 0.319 e. The lowest BCUT2D eigenvalue weighted by atomic mass is 10.1. The van der Waals surface area contributed by atoms with E-state index >= 15 is 0 Å². The van der Waals surface area contributed by atoms with Crippen LogP contribution in [0.25, 0.3) is 0 Å². The molecule has 0 unspecified atom stereocenters. The van der Waals surface area contributed by atoms with E-state index in [0.29, 0.717) is 46.8 Å². The maximum Gasteiger partial charge on any atom is 0.319 e. The molecule has 2 aromatic carbocycles. The van der Waals surface area contributed by atoms with Crippen molar-refractivity contribution in [1.29, 1.82) is 0 Å². The third kappa shape index (κ3) is 5.73. The standard InChI is InChI=1S/C18H20Cl2N2O3/c1-3-25-16-7-4-12(10-17(16)24-2)8-9-21-18(23)22-13-5-6-14(19)15(20)11-13/h4-7,10-11H,3,8-9H2,1-2H3,(H2,21,22,23). The zero-order chi connectivity index (χ0) is 18.2. The summed E-state index contributed by atoms with van der Waals surface area (Å²) in [6.07, 6.45) is 0.664. The number of benzene rings is 2. The molecule has 0 radical (unpaired) electrons. The number of hydrogen-bond acceptors (Lipinski definition) is 3. The van der Waals surface area contributed by atoms with E-state index in [0.717, 1.165) is 5.56 Å². The molecule has 2 N–H and O–H groups in total. The van der Waals surface area contributed by atoms with Crippen molar-refractivity contribution in [3.8, 4) is 11.5 Å². The third-order valence-corrected chi connectivity index (χ3v) is 4.14. The van der Waals surface area contributed by atoms with Crippen molar-refractivity contribution < 1.29 is 14.3 Å². The number of amides is 2. The highest BCUT2D eigenvalue weighted by Crippen LogP contribution is 2.28. The van der Waals surface area contributed by atoms with Gasteiger partial charge in [-0.05, 0) is 49.2 Å². The highest BCUT2D eigenvalue weighted by Gasteiger charge is 2.07. The van der Waals surface area contributed by atoms with Crippen molar-refractivity contribution in [3.63, 3.8) is 0 Å². The van der Waals surface area contributed by atoms with Gasteiger partial charge >= 0.3 is 6.03 Å². The Hall–Kier alpha value is -2.11. The maximum atomic E-state index is 11.9. The molecule has 134 valence electrons. The predicted octanol–water partition coefficient (Wildman–Crippen LogP) is 4.76. The molecule has 0 spiro atoms. The first-order valence-corrected chi connectivity index (χ1v) is 8.58. The van der Waals surface area contributed by atoms with Crippen LogP contribution in [-0.2, 0) is 6.42 Å². The summed E-state index contributed by atoms with van der Waals surface area (Å²) in [7, 11) is 1.60.